The lowest BCUT2D eigenvalue weighted by Gasteiger charge is -2.24. The fraction of sp³-hybridized carbons (Fsp3) is 0.278. The van der Waals surface area contributed by atoms with Crippen molar-refractivity contribution in [2.24, 2.45) is 5.73 Å². The summed E-state index contributed by atoms with van der Waals surface area (Å²) in [5.74, 6) is -0.726. The van der Waals surface area contributed by atoms with Gasteiger partial charge in [-0.25, -0.2) is 4.39 Å². The summed E-state index contributed by atoms with van der Waals surface area (Å²) in [6.07, 6.45) is 0.200. The van der Waals surface area contributed by atoms with E-state index in [1.807, 2.05) is 6.07 Å². The summed E-state index contributed by atoms with van der Waals surface area (Å²) in [4.78, 5) is 13.4. The maximum absolute atomic E-state index is 13.1. The third-order valence-corrected chi connectivity index (χ3v) is 4.23. The van der Waals surface area contributed by atoms with Crippen LogP contribution in [0.15, 0.2) is 48.5 Å². The van der Waals surface area contributed by atoms with Crippen molar-refractivity contribution in [2.75, 3.05) is 6.54 Å². The van der Waals surface area contributed by atoms with Crippen LogP contribution in [0.5, 0.6) is 0 Å². The second-order valence-corrected chi connectivity index (χ2v) is 5.95. The molecule has 0 aliphatic carbocycles. The normalized spacial score (nSPS) is 21.5. The van der Waals surface area contributed by atoms with Gasteiger partial charge >= 0.3 is 0 Å². The summed E-state index contributed by atoms with van der Waals surface area (Å²) in [7, 11) is 0. The highest BCUT2D eigenvalue weighted by Gasteiger charge is 2.31. The molecule has 1 fully saturated rings. The number of carbonyl (C=O) groups excluding carboxylic acids is 1. The second kappa shape index (κ2) is 6.48. The van der Waals surface area contributed by atoms with Crippen LogP contribution in [0.3, 0.4) is 0 Å². The fourth-order valence-corrected chi connectivity index (χ4v) is 3.14. The van der Waals surface area contributed by atoms with Crippen LogP contribution < -0.4 is 5.73 Å². The molecule has 1 aliphatic rings. The van der Waals surface area contributed by atoms with Crippen LogP contribution in [0.25, 0.3) is 0 Å². The lowest BCUT2D eigenvalue weighted by Crippen LogP contribution is -2.24. The average molecular weight is 314 g/mol. The van der Waals surface area contributed by atoms with Crippen LogP contribution in [0.2, 0.25) is 0 Å². The number of β-amino-alcohol motifs (C(OH)–C–C–N with tert-alkyl or cyclic N) is 1. The number of carbonyl (C=O) groups is 1. The number of aliphatic hydroxyl groups excluding tert-OH is 1. The van der Waals surface area contributed by atoms with Gasteiger partial charge in [0.2, 0.25) is 5.91 Å². The molecule has 0 unspecified atom stereocenters. The maximum atomic E-state index is 13.1. The summed E-state index contributed by atoms with van der Waals surface area (Å²) in [6, 6.07) is 13.6. The number of benzene rings is 2. The van der Waals surface area contributed by atoms with E-state index in [2.05, 4.69) is 4.90 Å². The Labute approximate surface area is 134 Å². The molecule has 2 atom stereocenters. The Morgan fingerprint density at radius 2 is 2.00 bits per heavy atom. The highest BCUT2D eigenvalue weighted by molar-refractivity contribution is 5.92. The number of aliphatic hydroxyl groups is 1. The molecule has 3 N–H and O–H groups in total. The lowest BCUT2D eigenvalue weighted by molar-refractivity contribution is 0.1000. The van der Waals surface area contributed by atoms with Gasteiger partial charge in [-0.1, -0.05) is 24.3 Å². The second-order valence-electron chi connectivity index (χ2n) is 5.95. The molecule has 0 radical (unpaired) electrons. The number of nitrogens with two attached hydrogens (primary N) is 1. The standard InChI is InChI=1S/C18H19FN2O2/c19-15-6-4-13(5-7-15)17-9-16(22)11-21(17)10-12-2-1-3-14(8-12)18(20)23/h1-8,16-17,22H,9-11H2,(H2,20,23)/t16-,17+/m1/s1. The van der Waals surface area contributed by atoms with Crippen molar-refractivity contribution in [3.05, 3.63) is 71.0 Å². The molecule has 0 aromatic heterocycles. The van der Waals surface area contributed by atoms with Gasteiger partial charge in [-0.05, 0) is 41.8 Å². The number of primary amides is 1. The van der Waals surface area contributed by atoms with Crippen LogP contribution in [0.4, 0.5) is 4.39 Å². The molecule has 3 rings (SSSR count). The van der Waals surface area contributed by atoms with E-state index in [-0.39, 0.29) is 11.9 Å². The predicted molar refractivity (Wildman–Crippen MR) is 85.1 cm³/mol. The predicted octanol–water partition coefficient (Wildman–Crippen LogP) is 2.23. The molecule has 0 spiro atoms. The average Bonchev–Trinajstić information content (AvgIpc) is 2.89. The van der Waals surface area contributed by atoms with E-state index < -0.39 is 12.0 Å². The number of hydrogen-bond acceptors (Lipinski definition) is 3. The number of rotatable bonds is 4. The molecule has 120 valence electrons. The van der Waals surface area contributed by atoms with Crippen LogP contribution in [0, 0.1) is 5.82 Å². The molecule has 1 amide bonds. The third kappa shape index (κ3) is 3.57. The topological polar surface area (TPSA) is 66.6 Å². The van der Waals surface area contributed by atoms with Crippen molar-refractivity contribution in [3.63, 3.8) is 0 Å². The first-order chi connectivity index (χ1) is 11.0. The van der Waals surface area contributed by atoms with Crippen molar-refractivity contribution in [1.29, 1.82) is 0 Å². The number of halogens is 1. The number of nitrogens with zero attached hydrogens (tertiary/aromatic N) is 1. The number of hydrogen-bond donors (Lipinski definition) is 2. The first-order valence-electron chi connectivity index (χ1n) is 7.59. The van der Waals surface area contributed by atoms with Crippen molar-refractivity contribution in [2.45, 2.75) is 25.1 Å². The van der Waals surface area contributed by atoms with Gasteiger partial charge in [0.15, 0.2) is 0 Å². The molecule has 4 nitrogen and oxygen atoms in total. The largest absolute Gasteiger partial charge is 0.392 e. The molecular formula is C18H19FN2O2. The van der Waals surface area contributed by atoms with Crippen LogP contribution in [-0.2, 0) is 6.54 Å². The van der Waals surface area contributed by atoms with Crippen LogP contribution in [0.1, 0.15) is 33.9 Å². The molecule has 23 heavy (non-hydrogen) atoms. The summed E-state index contributed by atoms with van der Waals surface area (Å²) in [5.41, 5.74) is 7.73. The Balaban J connectivity index is 1.81. The highest BCUT2D eigenvalue weighted by Crippen LogP contribution is 2.33. The zero-order chi connectivity index (χ0) is 16.4. The Hall–Kier alpha value is -2.24. The van der Waals surface area contributed by atoms with Gasteiger partial charge in [0.05, 0.1) is 6.10 Å². The molecular weight excluding hydrogens is 295 g/mol. The van der Waals surface area contributed by atoms with Gasteiger partial charge in [0.1, 0.15) is 5.82 Å². The van der Waals surface area contributed by atoms with Gasteiger partial charge in [0.25, 0.3) is 0 Å². The van der Waals surface area contributed by atoms with E-state index in [1.165, 1.54) is 12.1 Å². The van der Waals surface area contributed by atoms with Crippen LogP contribution >= 0.6 is 0 Å². The van der Waals surface area contributed by atoms with Gasteiger partial charge in [-0.3, -0.25) is 9.69 Å². The lowest BCUT2D eigenvalue weighted by atomic mass is 10.0. The molecule has 2 aromatic rings. The summed E-state index contributed by atoms with van der Waals surface area (Å²) in [5, 5.41) is 10.0. The van der Waals surface area contributed by atoms with Crippen molar-refractivity contribution in [1.82, 2.24) is 4.90 Å². The Morgan fingerprint density at radius 3 is 2.70 bits per heavy atom. The summed E-state index contributed by atoms with van der Waals surface area (Å²) >= 11 is 0. The van der Waals surface area contributed by atoms with Gasteiger partial charge in [0, 0.05) is 24.7 Å². The molecule has 0 bridgehead atoms. The molecule has 2 aromatic carbocycles. The van der Waals surface area contributed by atoms with E-state index in [0.29, 0.717) is 25.1 Å². The van der Waals surface area contributed by atoms with E-state index in [4.69, 9.17) is 5.73 Å². The zero-order valence-corrected chi connectivity index (χ0v) is 12.7. The third-order valence-electron chi connectivity index (χ3n) is 4.23. The Bertz CT molecular complexity index is 702. The quantitative estimate of drug-likeness (QED) is 0.909. The van der Waals surface area contributed by atoms with Gasteiger partial charge in [-0.2, -0.15) is 0 Å². The molecule has 1 aliphatic heterocycles. The number of likely N-dealkylation sites (tertiary alicyclic amines) is 1. The summed E-state index contributed by atoms with van der Waals surface area (Å²) < 4.78 is 13.1. The van der Waals surface area contributed by atoms with Gasteiger partial charge < -0.3 is 10.8 Å². The molecule has 1 heterocycles. The smallest absolute Gasteiger partial charge is 0.248 e. The Kier molecular flexibility index (Phi) is 4.41. The van der Waals surface area contributed by atoms with Crippen molar-refractivity contribution < 1.29 is 14.3 Å². The van der Waals surface area contributed by atoms with Crippen molar-refractivity contribution in [3.8, 4) is 0 Å². The van der Waals surface area contributed by atoms with E-state index in [0.717, 1.165) is 11.1 Å². The molecule has 1 saturated heterocycles. The number of amides is 1. The zero-order valence-electron chi connectivity index (χ0n) is 12.7. The summed E-state index contributed by atoms with van der Waals surface area (Å²) in [6.45, 7) is 1.14. The monoisotopic (exact) mass is 314 g/mol. The van der Waals surface area contributed by atoms with Gasteiger partial charge in [-0.15, -0.1) is 0 Å². The molecule has 0 saturated carbocycles. The minimum absolute atomic E-state index is 0.0304. The minimum Gasteiger partial charge on any atom is -0.392 e. The van der Waals surface area contributed by atoms with E-state index in [1.54, 1.807) is 30.3 Å². The van der Waals surface area contributed by atoms with E-state index >= 15 is 0 Å². The van der Waals surface area contributed by atoms with Crippen LogP contribution in [-0.4, -0.2) is 28.6 Å². The highest BCUT2D eigenvalue weighted by atomic mass is 19.1. The fourth-order valence-electron chi connectivity index (χ4n) is 3.14. The first-order valence-corrected chi connectivity index (χ1v) is 7.59. The maximum Gasteiger partial charge on any atom is 0.248 e. The Morgan fingerprint density at radius 1 is 1.26 bits per heavy atom. The minimum atomic E-state index is -0.455. The van der Waals surface area contributed by atoms with E-state index in [9.17, 15) is 14.3 Å². The first kappa shape index (κ1) is 15.6. The molecule has 5 heteroatoms. The van der Waals surface area contributed by atoms with Crippen molar-refractivity contribution >= 4 is 5.91 Å². The SMILES string of the molecule is NC(=O)c1cccc(CN2C[C@H](O)C[C@H]2c2ccc(F)cc2)c1.